The molecule has 1 fully saturated rings. The molecule has 92 valence electrons. The summed E-state index contributed by atoms with van der Waals surface area (Å²) in [7, 11) is 0. The van der Waals surface area contributed by atoms with Gasteiger partial charge in [-0.15, -0.1) is 0 Å². The van der Waals surface area contributed by atoms with E-state index >= 15 is 0 Å². The lowest BCUT2D eigenvalue weighted by atomic mass is 10.1. The Bertz CT molecular complexity index is 632. The summed E-state index contributed by atoms with van der Waals surface area (Å²) in [5.74, 6) is 6.90. The Labute approximate surface area is 113 Å². The van der Waals surface area contributed by atoms with E-state index < -0.39 is 0 Å². The number of Topliss-reactive ketones (excluding diaryl/α,β-unsaturated/α-hetero) is 1. The minimum atomic E-state index is 0.0959. The van der Waals surface area contributed by atoms with Gasteiger partial charge < -0.3 is 0 Å². The number of carbonyl (C=O) groups is 1. The maximum atomic E-state index is 12.2. The van der Waals surface area contributed by atoms with Gasteiger partial charge in [0.2, 0.25) is 0 Å². The summed E-state index contributed by atoms with van der Waals surface area (Å²) in [6.45, 7) is 0. The molecule has 0 radical (unpaired) electrons. The van der Waals surface area contributed by atoms with Crippen LogP contribution in [0.2, 0.25) is 0 Å². The fourth-order valence-electron chi connectivity index (χ4n) is 2.16. The van der Waals surface area contributed by atoms with Crippen LogP contribution in [0.5, 0.6) is 0 Å². The van der Waals surface area contributed by atoms with Crippen LogP contribution in [0, 0.1) is 23.7 Å². The highest BCUT2D eigenvalue weighted by Gasteiger charge is 2.41. The average molecular weight is 246 g/mol. The van der Waals surface area contributed by atoms with Crippen LogP contribution in [0.3, 0.4) is 0 Å². The molecule has 2 unspecified atom stereocenters. The second-order valence-electron chi connectivity index (χ2n) is 4.81. The highest BCUT2D eigenvalue weighted by Crippen LogP contribution is 2.40. The fourth-order valence-corrected chi connectivity index (χ4v) is 2.16. The normalized spacial score (nSPS) is 20.2. The monoisotopic (exact) mass is 246 g/mol. The molecule has 0 aromatic heterocycles. The molecule has 2 aromatic rings. The molecule has 0 aliphatic heterocycles. The van der Waals surface area contributed by atoms with E-state index in [-0.39, 0.29) is 17.6 Å². The molecule has 2 aromatic carbocycles. The van der Waals surface area contributed by atoms with Crippen LogP contribution >= 0.6 is 0 Å². The van der Waals surface area contributed by atoms with Crippen LogP contribution in [0.25, 0.3) is 0 Å². The van der Waals surface area contributed by atoms with E-state index in [1.165, 1.54) is 0 Å². The van der Waals surface area contributed by atoms with Crippen LogP contribution in [0.15, 0.2) is 60.7 Å². The molecule has 0 N–H and O–H groups in total. The molecule has 0 heterocycles. The summed E-state index contributed by atoms with van der Waals surface area (Å²) in [6.07, 6.45) is 0.896. The minimum Gasteiger partial charge on any atom is -0.294 e. The Hall–Kier alpha value is -2.33. The second-order valence-corrected chi connectivity index (χ2v) is 4.81. The molecule has 0 bridgehead atoms. The molecule has 1 saturated carbocycles. The Morgan fingerprint density at radius 3 is 2.26 bits per heavy atom. The van der Waals surface area contributed by atoms with Gasteiger partial charge in [0, 0.05) is 23.0 Å². The first-order valence-electron chi connectivity index (χ1n) is 6.50. The molecular weight excluding hydrogens is 232 g/mol. The molecule has 0 amide bonds. The first-order chi connectivity index (χ1) is 9.34. The van der Waals surface area contributed by atoms with Crippen molar-refractivity contribution in [2.24, 2.45) is 11.8 Å². The van der Waals surface area contributed by atoms with E-state index in [1.807, 2.05) is 60.7 Å². The molecule has 19 heavy (non-hydrogen) atoms. The van der Waals surface area contributed by atoms with Crippen molar-refractivity contribution in [3.05, 3.63) is 71.8 Å². The summed E-state index contributed by atoms with van der Waals surface area (Å²) in [6, 6.07) is 19.4. The van der Waals surface area contributed by atoms with Gasteiger partial charge in [-0.3, -0.25) is 4.79 Å². The predicted molar refractivity (Wildman–Crippen MR) is 75.7 cm³/mol. The molecule has 0 spiro atoms. The SMILES string of the molecule is O=C(c1ccccc1)C1CC1C#Cc1ccccc1. The Kier molecular flexibility index (Phi) is 3.16. The van der Waals surface area contributed by atoms with Crippen molar-refractivity contribution in [1.82, 2.24) is 0 Å². The van der Waals surface area contributed by atoms with E-state index in [4.69, 9.17) is 0 Å². The maximum absolute atomic E-state index is 12.2. The standard InChI is InChI=1S/C18H14O/c19-18(15-9-5-2-6-10-15)17-13-16(17)12-11-14-7-3-1-4-8-14/h1-10,16-17H,13H2. The smallest absolute Gasteiger partial charge is 0.167 e. The van der Waals surface area contributed by atoms with Crippen molar-refractivity contribution in [3.63, 3.8) is 0 Å². The van der Waals surface area contributed by atoms with Crippen molar-refractivity contribution in [2.75, 3.05) is 0 Å². The lowest BCUT2D eigenvalue weighted by Crippen LogP contribution is -2.02. The van der Waals surface area contributed by atoms with Gasteiger partial charge in [-0.1, -0.05) is 60.4 Å². The number of ketones is 1. The van der Waals surface area contributed by atoms with Gasteiger partial charge in [-0.25, -0.2) is 0 Å². The molecule has 1 aliphatic rings. The lowest BCUT2D eigenvalue weighted by Gasteiger charge is -1.96. The number of carbonyl (C=O) groups excluding carboxylic acids is 1. The summed E-state index contributed by atoms with van der Waals surface area (Å²) in [5.41, 5.74) is 1.82. The van der Waals surface area contributed by atoms with Crippen molar-refractivity contribution < 1.29 is 4.79 Å². The number of hydrogen-bond donors (Lipinski definition) is 0. The summed E-state index contributed by atoms with van der Waals surface area (Å²) < 4.78 is 0. The van der Waals surface area contributed by atoms with E-state index in [2.05, 4.69) is 11.8 Å². The van der Waals surface area contributed by atoms with Crippen LogP contribution in [-0.4, -0.2) is 5.78 Å². The number of benzene rings is 2. The van der Waals surface area contributed by atoms with Crippen LogP contribution in [0.4, 0.5) is 0 Å². The third-order valence-corrected chi connectivity index (χ3v) is 3.36. The fraction of sp³-hybridized carbons (Fsp3) is 0.167. The van der Waals surface area contributed by atoms with Crippen molar-refractivity contribution in [2.45, 2.75) is 6.42 Å². The molecule has 1 nitrogen and oxygen atoms in total. The van der Waals surface area contributed by atoms with E-state index in [1.54, 1.807) is 0 Å². The van der Waals surface area contributed by atoms with Crippen molar-refractivity contribution >= 4 is 5.78 Å². The minimum absolute atomic E-state index is 0.0959. The van der Waals surface area contributed by atoms with Gasteiger partial charge in [-0.05, 0) is 18.6 Å². The van der Waals surface area contributed by atoms with Crippen LogP contribution in [0.1, 0.15) is 22.3 Å². The molecular formula is C18H14O. The van der Waals surface area contributed by atoms with Crippen LogP contribution < -0.4 is 0 Å². The van der Waals surface area contributed by atoms with Gasteiger partial charge in [0.05, 0.1) is 0 Å². The molecule has 1 aliphatic carbocycles. The van der Waals surface area contributed by atoms with E-state index in [0.717, 1.165) is 17.5 Å². The van der Waals surface area contributed by atoms with Gasteiger partial charge in [0.15, 0.2) is 5.78 Å². The first kappa shape index (κ1) is 11.7. The Balaban J connectivity index is 1.66. The van der Waals surface area contributed by atoms with Crippen LogP contribution in [-0.2, 0) is 0 Å². The Morgan fingerprint density at radius 1 is 0.947 bits per heavy atom. The highest BCUT2D eigenvalue weighted by molar-refractivity contribution is 6.00. The van der Waals surface area contributed by atoms with Gasteiger partial charge >= 0.3 is 0 Å². The summed E-state index contributed by atoms with van der Waals surface area (Å²) in [5, 5.41) is 0. The molecule has 3 rings (SSSR count). The number of hydrogen-bond acceptors (Lipinski definition) is 1. The third-order valence-electron chi connectivity index (χ3n) is 3.36. The summed E-state index contributed by atoms with van der Waals surface area (Å²) in [4.78, 5) is 12.2. The van der Waals surface area contributed by atoms with Gasteiger partial charge in [-0.2, -0.15) is 0 Å². The quantitative estimate of drug-likeness (QED) is 0.585. The van der Waals surface area contributed by atoms with Gasteiger partial charge in [0.1, 0.15) is 0 Å². The summed E-state index contributed by atoms with van der Waals surface area (Å²) >= 11 is 0. The molecule has 1 heteroatoms. The average Bonchev–Trinajstić information content (AvgIpc) is 3.26. The largest absolute Gasteiger partial charge is 0.294 e. The predicted octanol–water partition coefficient (Wildman–Crippen LogP) is 3.56. The van der Waals surface area contributed by atoms with Crippen molar-refractivity contribution in [1.29, 1.82) is 0 Å². The van der Waals surface area contributed by atoms with Crippen molar-refractivity contribution in [3.8, 4) is 11.8 Å². The highest BCUT2D eigenvalue weighted by atomic mass is 16.1. The maximum Gasteiger partial charge on any atom is 0.167 e. The zero-order valence-corrected chi connectivity index (χ0v) is 10.5. The zero-order valence-electron chi connectivity index (χ0n) is 10.5. The number of rotatable bonds is 2. The van der Waals surface area contributed by atoms with E-state index in [0.29, 0.717) is 0 Å². The van der Waals surface area contributed by atoms with E-state index in [9.17, 15) is 4.79 Å². The second kappa shape index (κ2) is 5.12. The zero-order chi connectivity index (χ0) is 13.1. The van der Waals surface area contributed by atoms with Gasteiger partial charge in [0.25, 0.3) is 0 Å². The topological polar surface area (TPSA) is 17.1 Å². The third kappa shape index (κ3) is 2.74. The molecule has 0 saturated heterocycles. The lowest BCUT2D eigenvalue weighted by molar-refractivity contribution is 0.0964. The Morgan fingerprint density at radius 2 is 1.58 bits per heavy atom. The molecule has 2 atom stereocenters. The first-order valence-corrected chi connectivity index (χ1v) is 6.50.